The number of methoxy groups -OCH3 is 2. The standard InChI is InChI=1S/C18H21NO4/c1-19-9-18-8-17(23-3)15(21)6-12(18)13(19)4-10-5-14(20)16(22-2)7-11(10)18/h5,7-8,12-13,20H,4,6,9H2,1-3H3. The zero-order chi connectivity index (χ0) is 16.4. The predicted molar refractivity (Wildman–Crippen MR) is 84.7 cm³/mol. The number of benzene rings is 1. The van der Waals surface area contributed by atoms with Crippen molar-refractivity contribution in [1.29, 1.82) is 0 Å². The number of ether oxygens (including phenoxy) is 2. The molecule has 0 amide bonds. The van der Waals surface area contributed by atoms with Crippen LogP contribution in [-0.4, -0.2) is 49.6 Å². The third-order valence-corrected chi connectivity index (χ3v) is 5.83. The zero-order valence-corrected chi connectivity index (χ0v) is 13.6. The van der Waals surface area contributed by atoms with E-state index in [2.05, 4.69) is 11.9 Å². The Hall–Kier alpha value is -2.01. The van der Waals surface area contributed by atoms with Gasteiger partial charge in [-0.3, -0.25) is 4.79 Å². The Kier molecular flexibility index (Phi) is 3.00. The first-order chi connectivity index (χ1) is 11.0. The van der Waals surface area contributed by atoms with E-state index in [-0.39, 0.29) is 22.9 Å². The van der Waals surface area contributed by atoms with E-state index in [9.17, 15) is 9.90 Å². The number of carbonyl (C=O) groups is 1. The number of hydrogen-bond donors (Lipinski definition) is 1. The molecule has 1 N–H and O–H groups in total. The van der Waals surface area contributed by atoms with E-state index in [1.165, 1.54) is 0 Å². The van der Waals surface area contributed by atoms with Crippen molar-refractivity contribution in [3.8, 4) is 11.5 Å². The molecular formula is C18H21NO4. The van der Waals surface area contributed by atoms with Crippen LogP contribution in [0.15, 0.2) is 24.0 Å². The highest BCUT2D eigenvalue weighted by molar-refractivity contribution is 5.95. The van der Waals surface area contributed by atoms with Crippen LogP contribution in [0.25, 0.3) is 0 Å². The van der Waals surface area contributed by atoms with Crippen LogP contribution in [0.1, 0.15) is 17.5 Å². The molecule has 4 rings (SSSR count). The minimum Gasteiger partial charge on any atom is -0.504 e. The Morgan fingerprint density at radius 3 is 2.74 bits per heavy atom. The summed E-state index contributed by atoms with van der Waals surface area (Å²) in [6.07, 6.45) is 3.37. The van der Waals surface area contributed by atoms with Crippen LogP contribution in [-0.2, 0) is 21.4 Å². The van der Waals surface area contributed by atoms with Crippen LogP contribution in [0.3, 0.4) is 0 Å². The summed E-state index contributed by atoms with van der Waals surface area (Å²) in [6, 6.07) is 4.07. The summed E-state index contributed by atoms with van der Waals surface area (Å²) < 4.78 is 10.7. The molecule has 0 radical (unpaired) electrons. The fourth-order valence-corrected chi connectivity index (χ4v) is 4.82. The maximum atomic E-state index is 12.3. The molecule has 2 bridgehead atoms. The van der Waals surface area contributed by atoms with E-state index < -0.39 is 0 Å². The molecule has 3 atom stereocenters. The number of rotatable bonds is 2. The number of Topliss-reactive ketones (excluding diaryl/α,β-unsaturated/α-hetero) is 1. The molecule has 2 aliphatic carbocycles. The lowest BCUT2D eigenvalue weighted by atomic mass is 9.60. The van der Waals surface area contributed by atoms with Gasteiger partial charge >= 0.3 is 0 Å². The van der Waals surface area contributed by atoms with E-state index in [4.69, 9.17) is 9.47 Å². The third-order valence-electron chi connectivity index (χ3n) is 5.83. The minimum atomic E-state index is -0.243. The molecule has 1 aromatic carbocycles. The molecular weight excluding hydrogens is 294 g/mol. The lowest BCUT2D eigenvalue weighted by molar-refractivity contribution is -0.120. The topological polar surface area (TPSA) is 59.0 Å². The number of phenols is 1. The van der Waals surface area contributed by atoms with Gasteiger partial charge in [-0.1, -0.05) is 0 Å². The molecule has 1 heterocycles. The number of allylic oxidation sites excluding steroid dienone is 1. The van der Waals surface area contributed by atoms with E-state index in [0.717, 1.165) is 24.1 Å². The van der Waals surface area contributed by atoms with Gasteiger partial charge in [-0.25, -0.2) is 0 Å². The summed E-state index contributed by atoms with van der Waals surface area (Å²) in [5.41, 5.74) is 2.04. The van der Waals surface area contributed by atoms with Gasteiger partial charge in [0.1, 0.15) is 0 Å². The van der Waals surface area contributed by atoms with Gasteiger partial charge in [0.15, 0.2) is 23.0 Å². The number of ketones is 1. The highest BCUT2D eigenvalue weighted by atomic mass is 16.5. The van der Waals surface area contributed by atoms with Gasteiger partial charge in [-0.2, -0.15) is 0 Å². The number of aromatic hydroxyl groups is 1. The van der Waals surface area contributed by atoms with Crippen LogP contribution < -0.4 is 4.74 Å². The quantitative estimate of drug-likeness (QED) is 0.899. The van der Waals surface area contributed by atoms with Crippen LogP contribution >= 0.6 is 0 Å². The zero-order valence-electron chi connectivity index (χ0n) is 13.6. The fraction of sp³-hybridized carbons (Fsp3) is 0.500. The molecule has 1 aromatic rings. The molecule has 0 saturated carbocycles. The van der Waals surface area contributed by atoms with Gasteiger partial charge in [0.25, 0.3) is 0 Å². The maximum Gasteiger partial charge on any atom is 0.197 e. The Morgan fingerprint density at radius 2 is 2.04 bits per heavy atom. The predicted octanol–water partition coefficient (Wildman–Crippen LogP) is 1.63. The number of likely N-dealkylation sites (tertiary alicyclic amines) is 1. The van der Waals surface area contributed by atoms with Crippen LogP contribution in [0, 0.1) is 5.92 Å². The molecule has 0 aromatic heterocycles. The molecule has 0 spiro atoms. The second kappa shape index (κ2) is 4.74. The number of fused-ring (bicyclic) bond motifs is 1. The summed E-state index contributed by atoms with van der Waals surface area (Å²) in [4.78, 5) is 14.6. The average Bonchev–Trinajstić information content (AvgIpc) is 2.73. The summed E-state index contributed by atoms with van der Waals surface area (Å²) in [7, 11) is 5.22. The smallest absolute Gasteiger partial charge is 0.197 e. The molecule has 5 heteroatoms. The highest BCUT2D eigenvalue weighted by Gasteiger charge is 2.58. The van der Waals surface area contributed by atoms with Crippen LogP contribution in [0.2, 0.25) is 0 Å². The normalized spacial score (nSPS) is 32.1. The van der Waals surface area contributed by atoms with E-state index in [0.29, 0.717) is 24.0 Å². The average molecular weight is 315 g/mol. The van der Waals surface area contributed by atoms with Crippen molar-refractivity contribution in [1.82, 2.24) is 4.90 Å². The van der Waals surface area contributed by atoms with Gasteiger partial charge < -0.3 is 19.5 Å². The van der Waals surface area contributed by atoms with Gasteiger partial charge in [0, 0.05) is 24.4 Å². The monoisotopic (exact) mass is 315 g/mol. The first kappa shape index (κ1) is 14.6. The molecule has 1 saturated heterocycles. The molecule has 5 nitrogen and oxygen atoms in total. The second-order valence-corrected chi connectivity index (χ2v) is 6.85. The van der Waals surface area contributed by atoms with Crippen molar-refractivity contribution in [2.24, 2.45) is 5.92 Å². The van der Waals surface area contributed by atoms with Gasteiger partial charge in [-0.15, -0.1) is 0 Å². The Balaban J connectivity index is 1.97. The number of nitrogens with zero attached hydrogens (tertiary/aromatic N) is 1. The minimum absolute atomic E-state index is 0.0858. The fourth-order valence-electron chi connectivity index (χ4n) is 4.82. The first-order valence-electron chi connectivity index (χ1n) is 7.91. The van der Waals surface area contributed by atoms with Gasteiger partial charge in [-0.05, 0) is 48.7 Å². The van der Waals surface area contributed by atoms with Crippen molar-refractivity contribution in [3.05, 3.63) is 35.1 Å². The summed E-state index contributed by atoms with van der Waals surface area (Å²) in [5.74, 6) is 1.44. The Labute approximate surface area is 135 Å². The Bertz CT molecular complexity index is 726. The largest absolute Gasteiger partial charge is 0.504 e. The molecule has 122 valence electrons. The van der Waals surface area contributed by atoms with Crippen LogP contribution in [0.4, 0.5) is 0 Å². The third kappa shape index (κ3) is 1.80. The number of likely N-dealkylation sites (N-methyl/N-ethyl adjacent to an activating group) is 1. The Morgan fingerprint density at radius 1 is 1.26 bits per heavy atom. The van der Waals surface area contributed by atoms with Gasteiger partial charge in [0.05, 0.1) is 14.2 Å². The molecule has 3 aliphatic rings. The summed E-state index contributed by atoms with van der Waals surface area (Å²) in [6.45, 7) is 0.851. The number of carbonyl (C=O) groups excluding carboxylic acids is 1. The number of hydrogen-bond acceptors (Lipinski definition) is 5. The van der Waals surface area contributed by atoms with E-state index in [1.807, 2.05) is 18.2 Å². The number of phenolic OH excluding ortho intramolecular Hbond substituents is 1. The lowest BCUT2D eigenvalue weighted by Gasteiger charge is -2.42. The van der Waals surface area contributed by atoms with Crippen LogP contribution in [0.5, 0.6) is 11.5 Å². The van der Waals surface area contributed by atoms with Crippen molar-refractivity contribution in [3.63, 3.8) is 0 Å². The van der Waals surface area contributed by atoms with Crippen molar-refractivity contribution in [2.75, 3.05) is 27.8 Å². The SMILES string of the molecule is COC1=CC23CN(C)C(Cc4cc(O)c(OC)cc42)C3CC1=O. The summed E-state index contributed by atoms with van der Waals surface area (Å²) in [5, 5.41) is 10.1. The lowest BCUT2D eigenvalue weighted by Crippen LogP contribution is -2.45. The highest BCUT2D eigenvalue weighted by Crippen LogP contribution is 2.55. The van der Waals surface area contributed by atoms with Crippen molar-refractivity contribution >= 4 is 5.78 Å². The molecule has 23 heavy (non-hydrogen) atoms. The van der Waals surface area contributed by atoms with E-state index >= 15 is 0 Å². The summed E-state index contributed by atoms with van der Waals surface area (Å²) >= 11 is 0. The molecule has 1 fully saturated rings. The molecule has 3 unspecified atom stereocenters. The molecule has 1 aliphatic heterocycles. The second-order valence-electron chi connectivity index (χ2n) is 6.85. The first-order valence-corrected chi connectivity index (χ1v) is 7.91. The maximum absolute atomic E-state index is 12.3. The van der Waals surface area contributed by atoms with Crippen molar-refractivity contribution in [2.45, 2.75) is 24.3 Å². The van der Waals surface area contributed by atoms with E-state index in [1.54, 1.807) is 14.2 Å². The van der Waals surface area contributed by atoms with Crippen molar-refractivity contribution < 1.29 is 19.4 Å². The van der Waals surface area contributed by atoms with Gasteiger partial charge in [0.2, 0.25) is 0 Å².